The van der Waals surface area contributed by atoms with E-state index in [-0.39, 0.29) is 18.4 Å². The molecule has 140 valence electrons. The van der Waals surface area contributed by atoms with Gasteiger partial charge in [0.2, 0.25) is 5.91 Å². The lowest BCUT2D eigenvalue weighted by Crippen LogP contribution is -2.36. The van der Waals surface area contributed by atoms with Gasteiger partial charge in [-0.05, 0) is 31.0 Å². The van der Waals surface area contributed by atoms with Crippen LogP contribution in [0.1, 0.15) is 50.0 Å². The predicted molar refractivity (Wildman–Crippen MR) is 96.6 cm³/mol. The zero-order valence-electron chi connectivity index (χ0n) is 15.2. The van der Waals surface area contributed by atoms with Crippen molar-refractivity contribution in [2.75, 3.05) is 6.54 Å². The van der Waals surface area contributed by atoms with Gasteiger partial charge in [-0.15, -0.1) is 0 Å². The molecule has 1 unspecified atom stereocenters. The molecule has 1 amide bonds. The van der Waals surface area contributed by atoms with Crippen LogP contribution in [0.3, 0.4) is 0 Å². The van der Waals surface area contributed by atoms with E-state index in [1.54, 1.807) is 0 Å². The molecule has 2 aromatic heterocycles. The van der Waals surface area contributed by atoms with Crippen LogP contribution in [-0.4, -0.2) is 42.8 Å². The molecular weight excluding hydrogens is 332 g/mol. The second kappa shape index (κ2) is 8.21. The van der Waals surface area contributed by atoms with Crippen LogP contribution in [0.25, 0.3) is 0 Å². The zero-order chi connectivity index (χ0) is 18.5. The first-order chi connectivity index (χ1) is 12.6. The number of carbonyl (C=O) groups is 2. The second-order valence-electron chi connectivity index (χ2n) is 6.79. The van der Waals surface area contributed by atoms with Crippen LogP contribution >= 0.6 is 0 Å². The molecule has 0 fully saturated rings. The average Bonchev–Trinajstić information content (AvgIpc) is 3.23. The first-order valence-electron chi connectivity index (χ1n) is 9.27. The number of aryl methyl sites for hydroxylation is 2. The summed E-state index contributed by atoms with van der Waals surface area (Å²) in [5.74, 6) is -0.677. The quantitative estimate of drug-likeness (QED) is 0.824. The number of hydrogen-bond acceptors (Lipinski definition) is 3. The van der Waals surface area contributed by atoms with Crippen molar-refractivity contribution in [3.63, 3.8) is 0 Å². The highest BCUT2D eigenvalue weighted by molar-refractivity contribution is 5.80. The van der Waals surface area contributed by atoms with Gasteiger partial charge in [-0.2, -0.15) is 5.10 Å². The molecule has 0 saturated carbocycles. The van der Waals surface area contributed by atoms with Gasteiger partial charge in [0.1, 0.15) is 6.04 Å². The van der Waals surface area contributed by atoms with E-state index in [2.05, 4.69) is 12.0 Å². The van der Waals surface area contributed by atoms with Gasteiger partial charge in [-0.1, -0.05) is 13.3 Å². The first kappa shape index (κ1) is 18.2. The van der Waals surface area contributed by atoms with E-state index in [9.17, 15) is 9.59 Å². The number of carboxylic acid groups (broad SMARTS) is 1. The minimum Gasteiger partial charge on any atom is -0.481 e. The lowest BCUT2D eigenvalue weighted by Gasteiger charge is -2.26. The van der Waals surface area contributed by atoms with Gasteiger partial charge in [0.05, 0.1) is 24.4 Å². The summed E-state index contributed by atoms with van der Waals surface area (Å²) in [5.41, 5.74) is 1.77. The monoisotopic (exact) mass is 358 g/mol. The molecule has 1 aliphatic heterocycles. The zero-order valence-corrected chi connectivity index (χ0v) is 15.2. The van der Waals surface area contributed by atoms with Crippen LogP contribution in [0.2, 0.25) is 0 Å². The number of aliphatic carboxylic acids is 1. The Hall–Kier alpha value is -2.57. The van der Waals surface area contributed by atoms with Crippen molar-refractivity contribution in [1.29, 1.82) is 0 Å². The fourth-order valence-electron chi connectivity index (χ4n) is 3.51. The Labute approximate surface area is 153 Å². The van der Waals surface area contributed by atoms with Gasteiger partial charge >= 0.3 is 5.97 Å². The minimum absolute atomic E-state index is 0.0747. The third-order valence-corrected chi connectivity index (χ3v) is 4.81. The summed E-state index contributed by atoms with van der Waals surface area (Å²) in [6, 6.07) is 5.67. The van der Waals surface area contributed by atoms with E-state index < -0.39 is 5.97 Å². The van der Waals surface area contributed by atoms with E-state index in [1.807, 2.05) is 44.7 Å². The molecule has 3 rings (SSSR count). The summed E-state index contributed by atoms with van der Waals surface area (Å²) in [5, 5.41) is 13.4. The maximum Gasteiger partial charge on any atom is 0.303 e. The molecule has 7 heteroatoms. The first-order valence-corrected chi connectivity index (χ1v) is 9.27. The van der Waals surface area contributed by atoms with Crippen molar-refractivity contribution in [3.8, 4) is 0 Å². The SMILES string of the molecule is CCCC(C(=O)N1CCCn2nc(CCC(=O)O)cc2C1)n1cccc1. The van der Waals surface area contributed by atoms with Crippen LogP contribution in [0.15, 0.2) is 30.6 Å². The summed E-state index contributed by atoms with van der Waals surface area (Å²) >= 11 is 0. The Bertz CT molecular complexity index is 751. The van der Waals surface area contributed by atoms with Gasteiger partial charge in [0.15, 0.2) is 0 Å². The highest BCUT2D eigenvalue weighted by atomic mass is 16.4. The van der Waals surface area contributed by atoms with Crippen molar-refractivity contribution >= 4 is 11.9 Å². The Kier molecular flexibility index (Phi) is 5.75. The van der Waals surface area contributed by atoms with Gasteiger partial charge in [0.25, 0.3) is 0 Å². The number of carboxylic acids is 1. The van der Waals surface area contributed by atoms with Crippen molar-refractivity contribution in [1.82, 2.24) is 19.2 Å². The Balaban J connectivity index is 1.74. The highest BCUT2D eigenvalue weighted by Crippen LogP contribution is 2.22. The Morgan fingerprint density at radius 2 is 2.04 bits per heavy atom. The Morgan fingerprint density at radius 3 is 2.73 bits per heavy atom. The van der Waals surface area contributed by atoms with Crippen LogP contribution in [0.4, 0.5) is 0 Å². The van der Waals surface area contributed by atoms with Crippen LogP contribution in [0, 0.1) is 0 Å². The normalized spacial score (nSPS) is 15.3. The van der Waals surface area contributed by atoms with E-state index >= 15 is 0 Å². The van der Waals surface area contributed by atoms with E-state index in [4.69, 9.17) is 5.11 Å². The molecule has 0 aliphatic carbocycles. The molecule has 2 aromatic rings. The van der Waals surface area contributed by atoms with Crippen molar-refractivity contribution < 1.29 is 14.7 Å². The number of nitrogens with zero attached hydrogens (tertiary/aromatic N) is 4. The summed E-state index contributed by atoms with van der Waals surface area (Å²) in [4.78, 5) is 25.9. The molecule has 7 nitrogen and oxygen atoms in total. The van der Waals surface area contributed by atoms with Crippen LogP contribution in [-0.2, 0) is 29.1 Å². The van der Waals surface area contributed by atoms with Gasteiger partial charge in [-0.3, -0.25) is 14.3 Å². The van der Waals surface area contributed by atoms with E-state index in [0.717, 1.165) is 37.2 Å². The number of amides is 1. The number of carbonyl (C=O) groups excluding carboxylic acids is 1. The summed E-state index contributed by atoms with van der Waals surface area (Å²) in [6.45, 7) is 4.10. The van der Waals surface area contributed by atoms with E-state index in [1.165, 1.54) is 0 Å². The molecule has 0 radical (unpaired) electrons. The average molecular weight is 358 g/mol. The molecule has 0 spiro atoms. The standard InChI is InChI=1S/C19H26N4O3/c1-2-6-17(21-9-3-4-10-21)19(26)22-11-5-12-23-16(14-22)13-15(20-23)7-8-18(24)25/h3-4,9-10,13,17H,2,5-8,11-12,14H2,1H3,(H,24,25). The predicted octanol–water partition coefficient (Wildman–Crippen LogP) is 2.48. The summed E-state index contributed by atoms with van der Waals surface area (Å²) in [6.07, 6.45) is 7.00. The largest absolute Gasteiger partial charge is 0.481 e. The van der Waals surface area contributed by atoms with Gasteiger partial charge in [-0.25, -0.2) is 0 Å². The summed E-state index contributed by atoms with van der Waals surface area (Å²) in [7, 11) is 0. The minimum atomic E-state index is -0.820. The van der Waals surface area contributed by atoms with Crippen molar-refractivity contribution in [2.45, 2.75) is 58.2 Å². The molecule has 26 heavy (non-hydrogen) atoms. The lowest BCUT2D eigenvalue weighted by atomic mass is 10.1. The maximum atomic E-state index is 13.2. The third kappa shape index (κ3) is 4.15. The second-order valence-corrected chi connectivity index (χ2v) is 6.79. The lowest BCUT2D eigenvalue weighted by molar-refractivity contribution is -0.137. The molecular formula is C19H26N4O3. The summed E-state index contributed by atoms with van der Waals surface area (Å²) < 4.78 is 3.92. The van der Waals surface area contributed by atoms with Crippen LogP contribution < -0.4 is 0 Å². The molecule has 0 aromatic carbocycles. The van der Waals surface area contributed by atoms with Crippen LogP contribution in [0.5, 0.6) is 0 Å². The molecule has 1 N–H and O–H groups in total. The molecule has 0 bridgehead atoms. The highest BCUT2D eigenvalue weighted by Gasteiger charge is 2.27. The van der Waals surface area contributed by atoms with Crippen molar-refractivity contribution in [3.05, 3.63) is 42.0 Å². The number of hydrogen-bond donors (Lipinski definition) is 1. The number of aromatic nitrogens is 3. The maximum absolute atomic E-state index is 13.2. The topological polar surface area (TPSA) is 80.4 Å². The fourth-order valence-corrected chi connectivity index (χ4v) is 3.51. The smallest absolute Gasteiger partial charge is 0.303 e. The number of fused-ring (bicyclic) bond motifs is 1. The fraction of sp³-hybridized carbons (Fsp3) is 0.526. The molecule has 1 aliphatic rings. The molecule has 3 heterocycles. The third-order valence-electron chi connectivity index (χ3n) is 4.81. The van der Waals surface area contributed by atoms with E-state index in [0.29, 0.717) is 19.5 Å². The number of rotatable bonds is 7. The Morgan fingerprint density at radius 1 is 1.27 bits per heavy atom. The van der Waals surface area contributed by atoms with Gasteiger partial charge in [0, 0.05) is 31.9 Å². The van der Waals surface area contributed by atoms with Crippen molar-refractivity contribution in [2.24, 2.45) is 0 Å². The van der Waals surface area contributed by atoms with Gasteiger partial charge < -0.3 is 14.6 Å². The molecule has 0 saturated heterocycles. The molecule has 1 atom stereocenters.